The number of hydrogen-bond acceptors (Lipinski definition) is 4. The Kier molecular flexibility index (Phi) is 3.11. The number of phenolic OH excluding ortho intramolecular Hbond substituents is 2. The molecule has 4 heteroatoms. The van der Waals surface area contributed by atoms with Crippen molar-refractivity contribution in [1.82, 2.24) is 0 Å². The lowest BCUT2D eigenvalue weighted by atomic mass is 10.1. The van der Waals surface area contributed by atoms with Gasteiger partial charge in [-0.25, -0.2) is 0 Å². The van der Waals surface area contributed by atoms with Gasteiger partial charge in [-0.2, -0.15) is 0 Å². The van der Waals surface area contributed by atoms with E-state index in [0.717, 1.165) is 0 Å². The van der Waals surface area contributed by atoms with Crippen LogP contribution in [0.2, 0.25) is 0 Å². The molecule has 1 aromatic carbocycles. The van der Waals surface area contributed by atoms with E-state index in [1.54, 1.807) is 0 Å². The number of phenols is 2. The maximum Gasteiger partial charge on any atom is 0.157 e. The van der Waals surface area contributed by atoms with Crippen LogP contribution in [0.4, 0.5) is 0 Å². The molecule has 0 amide bonds. The molecule has 3 N–H and O–H groups in total. The van der Waals surface area contributed by atoms with E-state index in [-0.39, 0.29) is 18.1 Å². The number of methoxy groups -OCH3 is 1. The first-order chi connectivity index (χ1) is 6.15. The summed E-state index contributed by atoms with van der Waals surface area (Å²) in [5.41, 5.74) is 0.511. The number of aliphatic hydroxyl groups excluding tert-OH is 1. The number of hydrogen-bond donors (Lipinski definition) is 3. The van der Waals surface area contributed by atoms with Crippen LogP contribution in [0.3, 0.4) is 0 Å². The fourth-order valence-corrected chi connectivity index (χ4v) is 1.00. The Hall–Kier alpha value is -1.26. The fraction of sp³-hybridized carbons (Fsp3) is 0.333. The van der Waals surface area contributed by atoms with E-state index in [1.807, 2.05) is 0 Å². The van der Waals surface area contributed by atoms with Crippen molar-refractivity contribution >= 4 is 0 Å². The van der Waals surface area contributed by atoms with E-state index < -0.39 is 6.10 Å². The summed E-state index contributed by atoms with van der Waals surface area (Å²) in [6.45, 7) is 0.157. The van der Waals surface area contributed by atoms with Gasteiger partial charge >= 0.3 is 0 Å². The normalized spacial score (nSPS) is 12.8. The Morgan fingerprint density at radius 1 is 1.31 bits per heavy atom. The van der Waals surface area contributed by atoms with Crippen molar-refractivity contribution in [3.63, 3.8) is 0 Å². The molecule has 0 radical (unpaired) electrons. The zero-order valence-corrected chi connectivity index (χ0v) is 7.27. The number of aromatic hydroxyl groups is 2. The second-order valence-electron chi connectivity index (χ2n) is 2.72. The van der Waals surface area contributed by atoms with E-state index >= 15 is 0 Å². The Labute approximate surface area is 76.0 Å². The molecule has 0 heterocycles. The van der Waals surface area contributed by atoms with Crippen molar-refractivity contribution in [2.75, 3.05) is 13.7 Å². The van der Waals surface area contributed by atoms with Crippen LogP contribution in [0.5, 0.6) is 11.5 Å². The molecule has 1 rings (SSSR count). The van der Waals surface area contributed by atoms with Gasteiger partial charge in [-0.1, -0.05) is 6.07 Å². The summed E-state index contributed by atoms with van der Waals surface area (Å²) in [6, 6.07) is 4.15. The van der Waals surface area contributed by atoms with Crippen LogP contribution in [0.25, 0.3) is 0 Å². The van der Waals surface area contributed by atoms with E-state index in [9.17, 15) is 5.11 Å². The third kappa shape index (κ3) is 2.34. The van der Waals surface area contributed by atoms with Gasteiger partial charge in [-0.15, -0.1) is 0 Å². The van der Waals surface area contributed by atoms with Crippen LogP contribution < -0.4 is 0 Å². The van der Waals surface area contributed by atoms with Gasteiger partial charge in [0, 0.05) is 7.11 Å². The largest absolute Gasteiger partial charge is 0.504 e. The van der Waals surface area contributed by atoms with Gasteiger partial charge in [0.2, 0.25) is 0 Å². The summed E-state index contributed by atoms with van der Waals surface area (Å²) in [6.07, 6.45) is -0.781. The molecule has 0 fully saturated rings. The van der Waals surface area contributed by atoms with Crippen molar-refractivity contribution in [2.45, 2.75) is 6.10 Å². The third-order valence-electron chi connectivity index (χ3n) is 1.71. The highest BCUT2D eigenvalue weighted by molar-refractivity contribution is 5.41. The first-order valence-corrected chi connectivity index (χ1v) is 3.84. The summed E-state index contributed by atoms with van der Waals surface area (Å²) in [5, 5.41) is 27.5. The summed E-state index contributed by atoms with van der Waals surface area (Å²) in [4.78, 5) is 0. The quantitative estimate of drug-likeness (QED) is 0.607. The Balaban J connectivity index is 2.84. The number of rotatable bonds is 3. The number of aliphatic hydroxyl groups is 1. The molecule has 0 saturated heterocycles. The smallest absolute Gasteiger partial charge is 0.157 e. The van der Waals surface area contributed by atoms with Crippen LogP contribution in [0.15, 0.2) is 18.2 Å². The molecule has 4 nitrogen and oxygen atoms in total. The molecule has 0 bridgehead atoms. The van der Waals surface area contributed by atoms with E-state index in [2.05, 4.69) is 0 Å². The number of benzene rings is 1. The lowest BCUT2D eigenvalue weighted by Crippen LogP contribution is -2.04. The molecule has 13 heavy (non-hydrogen) atoms. The molecule has 0 aliphatic rings. The average molecular weight is 184 g/mol. The molecule has 72 valence electrons. The first kappa shape index (κ1) is 9.83. The molecule has 0 aliphatic carbocycles. The Morgan fingerprint density at radius 2 is 2.00 bits per heavy atom. The maximum absolute atomic E-state index is 9.42. The molecular formula is C9H12O4. The van der Waals surface area contributed by atoms with Crippen LogP contribution in [0.1, 0.15) is 11.7 Å². The third-order valence-corrected chi connectivity index (χ3v) is 1.71. The fourth-order valence-electron chi connectivity index (χ4n) is 1.00. The Bertz CT molecular complexity index is 285. The lowest BCUT2D eigenvalue weighted by molar-refractivity contribution is 0.0642. The van der Waals surface area contributed by atoms with E-state index in [0.29, 0.717) is 5.56 Å². The SMILES string of the molecule is COCC(O)c1ccc(O)c(O)c1. The summed E-state index contributed by atoms with van der Waals surface area (Å²) >= 11 is 0. The van der Waals surface area contributed by atoms with Crippen molar-refractivity contribution in [3.05, 3.63) is 23.8 Å². The van der Waals surface area contributed by atoms with Gasteiger partial charge in [-0.3, -0.25) is 0 Å². The second kappa shape index (κ2) is 4.11. The predicted molar refractivity (Wildman–Crippen MR) is 46.6 cm³/mol. The van der Waals surface area contributed by atoms with Crippen LogP contribution in [-0.4, -0.2) is 29.0 Å². The average Bonchev–Trinajstić information content (AvgIpc) is 2.10. The van der Waals surface area contributed by atoms with E-state index in [1.165, 1.54) is 25.3 Å². The van der Waals surface area contributed by atoms with Crippen LogP contribution in [-0.2, 0) is 4.74 Å². The van der Waals surface area contributed by atoms with Crippen molar-refractivity contribution < 1.29 is 20.1 Å². The molecule has 0 aliphatic heterocycles. The predicted octanol–water partition coefficient (Wildman–Crippen LogP) is 0.778. The molecule has 0 aromatic heterocycles. The minimum atomic E-state index is -0.781. The summed E-state index contributed by atoms with van der Waals surface area (Å²) in [5.74, 6) is -0.444. The highest BCUT2D eigenvalue weighted by Gasteiger charge is 2.09. The molecule has 0 spiro atoms. The molecule has 1 unspecified atom stereocenters. The van der Waals surface area contributed by atoms with Crippen LogP contribution in [0, 0.1) is 0 Å². The summed E-state index contributed by atoms with van der Waals surface area (Å²) in [7, 11) is 1.48. The van der Waals surface area contributed by atoms with Gasteiger partial charge in [0.05, 0.1) is 6.61 Å². The maximum atomic E-state index is 9.42. The minimum Gasteiger partial charge on any atom is -0.504 e. The molecule has 1 aromatic rings. The van der Waals surface area contributed by atoms with Gasteiger partial charge in [0.1, 0.15) is 6.10 Å². The van der Waals surface area contributed by atoms with Crippen molar-refractivity contribution in [3.8, 4) is 11.5 Å². The van der Waals surface area contributed by atoms with Gasteiger partial charge in [-0.05, 0) is 17.7 Å². The minimum absolute atomic E-state index is 0.157. The van der Waals surface area contributed by atoms with Crippen molar-refractivity contribution in [1.29, 1.82) is 0 Å². The highest BCUT2D eigenvalue weighted by atomic mass is 16.5. The Morgan fingerprint density at radius 3 is 2.54 bits per heavy atom. The van der Waals surface area contributed by atoms with Crippen LogP contribution >= 0.6 is 0 Å². The van der Waals surface area contributed by atoms with Gasteiger partial charge in [0.15, 0.2) is 11.5 Å². The topological polar surface area (TPSA) is 69.9 Å². The zero-order valence-electron chi connectivity index (χ0n) is 7.27. The van der Waals surface area contributed by atoms with Gasteiger partial charge < -0.3 is 20.1 Å². The van der Waals surface area contributed by atoms with Crippen molar-refractivity contribution in [2.24, 2.45) is 0 Å². The van der Waals surface area contributed by atoms with E-state index in [4.69, 9.17) is 14.9 Å². The number of ether oxygens (including phenoxy) is 1. The molecule has 0 saturated carbocycles. The monoisotopic (exact) mass is 184 g/mol. The standard InChI is InChI=1S/C9H12O4/c1-13-5-9(12)6-2-3-7(10)8(11)4-6/h2-4,9-12H,5H2,1H3. The lowest BCUT2D eigenvalue weighted by Gasteiger charge is -2.10. The van der Waals surface area contributed by atoms with Gasteiger partial charge in [0.25, 0.3) is 0 Å². The molecular weight excluding hydrogens is 172 g/mol. The molecule has 1 atom stereocenters. The summed E-state index contributed by atoms with van der Waals surface area (Å²) < 4.78 is 4.73. The zero-order chi connectivity index (χ0) is 9.84. The second-order valence-corrected chi connectivity index (χ2v) is 2.72. The first-order valence-electron chi connectivity index (χ1n) is 3.84. The highest BCUT2D eigenvalue weighted by Crippen LogP contribution is 2.27.